The van der Waals surface area contributed by atoms with E-state index in [1.165, 1.54) is 57.1 Å². The second kappa shape index (κ2) is 11.6. The maximum atomic E-state index is 3.88. The molecule has 0 aliphatic carbocycles. The monoisotopic (exact) mass is 273 g/mol. The molecule has 1 aromatic rings. The third-order valence-corrected chi connectivity index (χ3v) is 3.75. The lowest BCUT2D eigenvalue weighted by Gasteiger charge is -2.18. The van der Waals surface area contributed by atoms with Gasteiger partial charge in [0.1, 0.15) is 0 Å². The van der Waals surface area contributed by atoms with E-state index in [4.69, 9.17) is 0 Å². The molecule has 0 saturated heterocycles. The average Bonchev–Trinajstić information content (AvgIpc) is 2.47. The third-order valence-electron chi connectivity index (χ3n) is 3.75. The van der Waals surface area contributed by atoms with Crippen LogP contribution in [0.25, 0.3) is 0 Å². The van der Waals surface area contributed by atoms with Crippen LogP contribution >= 0.6 is 0 Å². The van der Waals surface area contributed by atoms with E-state index in [0.717, 1.165) is 6.42 Å². The highest BCUT2D eigenvalue weighted by molar-refractivity contribution is 5.43. The molecule has 0 amide bonds. The number of para-hydroxylation sites is 1. The van der Waals surface area contributed by atoms with E-state index in [0.29, 0.717) is 6.04 Å². The van der Waals surface area contributed by atoms with Crippen LogP contribution in [0.3, 0.4) is 0 Å². The zero-order valence-corrected chi connectivity index (χ0v) is 13.1. The van der Waals surface area contributed by atoms with Crippen LogP contribution in [0.5, 0.6) is 0 Å². The van der Waals surface area contributed by atoms with Gasteiger partial charge in [0.15, 0.2) is 0 Å². The van der Waals surface area contributed by atoms with Crippen LogP contribution in [-0.2, 0) is 0 Å². The Morgan fingerprint density at radius 3 is 2.30 bits per heavy atom. The van der Waals surface area contributed by atoms with Gasteiger partial charge in [-0.2, -0.15) is 0 Å². The molecular weight excluding hydrogens is 242 g/mol. The first-order valence-corrected chi connectivity index (χ1v) is 8.29. The zero-order valence-electron chi connectivity index (χ0n) is 13.1. The molecule has 1 nitrogen and oxygen atoms in total. The molecule has 112 valence electrons. The molecule has 0 fully saturated rings. The molecule has 1 aromatic carbocycles. The second-order valence-corrected chi connectivity index (χ2v) is 5.64. The third kappa shape index (κ3) is 8.04. The van der Waals surface area contributed by atoms with Gasteiger partial charge in [0.05, 0.1) is 0 Å². The van der Waals surface area contributed by atoms with Gasteiger partial charge in [0, 0.05) is 11.7 Å². The summed E-state index contributed by atoms with van der Waals surface area (Å²) in [6.45, 7) is 6.15. The fourth-order valence-corrected chi connectivity index (χ4v) is 2.57. The predicted octanol–water partition coefficient (Wildman–Crippen LogP) is 6.18. The Morgan fingerprint density at radius 2 is 1.65 bits per heavy atom. The minimum absolute atomic E-state index is 0.533. The van der Waals surface area contributed by atoms with Gasteiger partial charge in [0.25, 0.3) is 0 Å². The van der Waals surface area contributed by atoms with Crippen molar-refractivity contribution in [3.8, 4) is 0 Å². The number of rotatable bonds is 12. The Hall–Kier alpha value is -1.24. The smallest absolute Gasteiger partial charge is 0.0342 e. The topological polar surface area (TPSA) is 12.0 Å². The number of hydrogen-bond donors (Lipinski definition) is 1. The maximum absolute atomic E-state index is 3.88. The number of nitrogens with one attached hydrogen (secondary N) is 1. The molecule has 1 unspecified atom stereocenters. The van der Waals surface area contributed by atoms with Gasteiger partial charge in [-0.3, -0.25) is 0 Å². The largest absolute Gasteiger partial charge is 0.382 e. The average molecular weight is 273 g/mol. The predicted molar refractivity (Wildman–Crippen MR) is 91.3 cm³/mol. The highest BCUT2D eigenvalue weighted by Gasteiger charge is 2.06. The first-order chi connectivity index (χ1) is 9.86. The summed E-state index contributed by atoms with van der Waals surface area (Å²) in [7, 11) is 0. The molecule has 0 radical (unpaired) electrons. The Balaban J connectivity index is 2.17. The molecule has 0 saturated carbocycles. The number of hydrogen-bond acceptors (Lipinski definition) is 1. The van der Waals surface area contributed by atoms with E-state index in [2.05, 4.69) is 49.2 Å². The van der Waals surface area contributed by atoms with Crippen LogP contribution in [0, 0.1) is 0 Å². The summed E-state index contributed by atoms with van der Waals surface area (Å²) in [5.41, 5.74) is 1.22. The molecule has 0 aliphatic rings. The molecule has 1 heteroatoms. The van der Waals surface area contributed by atoms with E-state index in [-0.39, 0.29) is 0 Å². The Labute approximate surface area is 125 Å². The SMILES string of the molecule is C=CCC(CCCCCCCCC)Nc1ccccc1. The lowest BCUT2D eigenvalue weighted by atomic mass is 10.0. The molecule has 1 atom stereocenters. The molecule has 0 aromatic heterocycles. The van der Waals surface area contributed by atoms with Gasteiger partial charge >= 0.3 is 0 Å². The van der Waals surface area contributed by atoms with Crippen LogP contribution in [0.1, 0.15) is 64.7 Å². The van der Waals surface area contributed by atoms with Crippen molar-refractivity contribution < 1.29 is 0 Å². The summed E-state index contributed by atoms with van der Waals surface area (Å²) >= 11 is 0. The Kier molecular flexibility index (Phi) is 9.73. The first-order valence-electron chi connectivity index (χ1n) is 8.29. The zero-order chi connectivity index (χ0) is 14.5. The van der Waals surface area contributed by atoms with Crippen molar-refractivity contribution in [2.24, 2.45) is 0 Å². The Bertz CT molecular complexity index is 331. The van der Waals surface area contributed by atoms with Crippen molar-refractivity contribution in [3.05, 3.63) is 43.0 Å². The van der Waals surface area contributed by atoms with Gasteiger partial charge in [0.2, 0.25) is 0 Å². The molecule has 0 heterocycles. The molecule has 1 N–H and O–H groups in total. The van der Waals surface area contributed by atoms with Gasteiger partial charge in [-0.15, -0.1) is 6.58 Å². The van der Waals surface area contributed by atoms with Crippen LogP contribution in [0.2, 0.25) is 0 Å². The van der Waals surface area contributed by atoms with Crippen molar-refractivity contribution in [2.75, 3.05) is 5.32 Å². The lowest BCUT2D eigenvalue weighted by molar-refractivity contribution is 0.546. The number of anilines is 1. The maximum Gasteiger partial charge on any atom is 0.0342 e. The van der Waals surface area contributed by atoms with Crippen molar-refractivity contribution >= 4 is 5.69 Å². The summed E-state index contributed by atoms with van der Waals surface area (Å²) in [4.78, 5) is 0. The van der Waals surface area contributed by atoms with Crippen LogP contribution in [0.4, 0.5) is 5.69 Å². The summed E-state index contributed by atoms with van der Waals surface area (Å²) < 4.78 is 0. The van der Waals surface area contributed by atoms with E-state index in [1.807, 2.05) is 6.08 Å². The summed E-state index contributed by atoms with van der Waals surface area (Å²) in [6, 6.07) is 11.0. The van der Waals surface area contributed by atoms with Gasteiger partial charge < -0.3 is 5.32 Å². The highest BCUT2D eigenvalue weighted by Crippen LogP contribution is 2.15. The molecular formula is C19H31N. The van der Waals surface area contributed by atoms with Crippen molar-refractivity contribution in [1.82, 2.24) is 0 Å². The second-order valence-electron chi connectivity index (χ2n) is 5.64. The van der Waals surface area contributed by atoms with Gasteiger partial charge in [-0.25, -0.2) is 0 Å². The minimum Gasteiger partial charge on any atom is -0.382 e. The Morgan fingerprint density at radius 1 is 1.00 bits per heavy atom. The summed E-state index contributed by atoms with van der Waals surface area (Å²) in [5, 5.41) is 3.62. The van der Waals surface area contributed by atoms with Crippen molar-refractivity contribution in [3.63, 3.8) is 0 Å². The number of unbranched alkanes of at least 4 members (excludes halogenated alkanes) is 6. The fraction of sp³-hybridized carbons (Fsp3) is 0.579. The summed E-state index contributed by atoms with van der Waals surface area (Å²) in [5.74, 6) is 0. The summed E-state index contributed by atoms with van der Waals surface area (Å²) in [6.07, 6.45) is 14.0. The van der Waals surface area contributed by atoms with E-state index in [1.54, 1.807) is 0 Å². The van der Waals surface area contributed by atoms with Crippen LogP contribution in [-0.4, -0.2) is 6.04 Å². The number of benzene rings is 1. The minimum atomic E-state index is 0.533. The van der Waals surface area contributed by atoms with Crippen LogP contribution in [0.15, 0.2) is 43.0 Å². The standard InChI is InChI=1S/C19H31N/c1-3-5-6-7-8-9-11-15-18(14-4-2)20-19-16-12-10-13-17-19/h4,10,12-13,16-18,20H,2-3,5-9,11,14-15H2,1H3. The molecule has 0 aliphatic heterocycles. The van der Waals surface area contributed by atoms with Gasteiger partial charge in [-0.1, -0.05) is 76.1 Å². The fourth-order valence-electron chi connectivity index (χ4n) is 2.57. The van der Waals surface area contributed by atoms with E-state index >= 15 is 0 Å². The highest BCUT2D eigenvalue weighted by atomic mass is 14.9. The van der Waals surface area contributed by atoms with Crippen LogP contribution < -0.4 is 5.32 Å². The molecule has 0 bridgehead atoms. The molecule has 0 spiro atoms. The lowest BCUT2D eigenvalue weighted by Crippen LogP contribution is -2.18. The van der Waals surface area contributed by atoms with Crippen molar-refractivity contribution in [2.45, 2.75) is 70.8 Å². The van der Waals surface area contributed by atoms with Crippen molar-refractivity contribution in [1.29, 1.82) is 0 Å². The van der Waals surface area contributed by atoms with Gasteiger partial charge in [-0.05, 0) is 25.0 Å². The van der Waals surface area contributed by atoms with E-state index in [9.17, 15) is 0 Å². The molecule has 20 heavy (non-hydrogen) atoms. The first kappa shape index (κ1) is 16.8. The van der Waals surface area contributed by atoms with E-state index < -0.39 is 0 Å². The quantitative estimate of drug-likeness (QED) is 0.354. The normalized spacial score (nSPS) is 12.1. The molecule has 1 rings (SSSR count).